The van der Waals surface area contributed by atoms with E-state index in [2.05, 4.69) is 20.7 Å². The van der Waals surface area contributed by atoms with Crippen molar-refractivity contribution in [2.75, 3.05) is 18.4 Å². The second-order valence-corrected chi connectivity index (χ2v) is 3.99. The highest BCUT2D eigenvalue weighted by molar-refractivity contribution is 5.85. The van der Waals surface area contributed by atoms with Gasteiger partial charge < -0.3 is 10.6 Å². The van der Waals surface area contributed by atoms with E-state index in [4.69, 9.17) is 10.6 Å². The Labute approximate surface area is 131 Å². The predicted molar refractivity (Wildman–Crippen MR) is 83.0 cm³/mol. The number of benzene rings is 1. The zero-order valence-electron chi connectivity index (χ0n) is 11.8. The van der Waals surface area contributed by atoms with Crippen molar-refractivity contribution in [1.82, 2.24) is 14.9 Å². The van der Waals surface area contributed by atoms with E-state index in [9.17, 15) is 10.1 Å². The minimum atomic E-state index is -0.496. The van der Waals surface area contributed by atoms with E-state index < -0.39 is 4.92 Å². The summed E-state index contributed by atoms with van der Waals surface area (Å²) in [6, 6.07) is 4.20. The maximum Gasteiger partial charge on any atom is 0.270 e. The van der Waals surface area contributed by atoms with Crippen LogP contribution in [0.4, 0.5) is 11.6 Å². The van der Waals surface area contributed by atoms with Crippen LogP contribution >= 0.6 is 12.4 Å². The van der Waals surface area contributed by atoms with Crippen LogP contribution in [0, 0.1) is 17.0 Å². The molecule has 1 heterocycles. The number of aryl methyl sites for hydroxylation is 1. The number of halogens is 1. The van der Waals surface area contributed by atoms with Crippen molar-refractivity contribution in [1.29, 1.82) is 0 Å². The Bertz CT molecular complexity index is 701. The summed E-state index contributed by atoms with van der Waals surface area (Å²) in [7, 11) is 1.46. The molecule has 10 nitrogen and oxygen atoms in total. The van der Waals surface area contributed by atoms with E-state index >= 15 is 0 Å². The number of nitrogens with two attached hydrogens (primary N) is 1. The molecule has 0 amide bonds. The Balaban J connectivity index is 0.00000242. The van der Waals surface area contributed by atoms with Crippen LogP contribution in [-0.4, -0.2) is 33.1 Å². The Morgan fingerprint density at radius 1 is 1.50 bits per heavy atom. The average Bonchev–Trinajstić information content (AvgIpc) is 2.79. The maximum atomic E-state index is 10.8. The molecule has 11 heteroatoms. The minimum Gasteiger partial charge on any atom is -0.496 e. The van der Waals surface area contributed by atoms with Gasteiger partial charge in [0.15, 0.2) is 5.82 Å². The third-order valence-electron chi connectivity index (χ3n) is 2.66. The third kappa shape index (κ3) is 3.61. The van der Waals surface area contributed by atoms with Crippen molar-refractivity contribution < 1.29 is 9.66 Å². The number of nitrogen functional groups attached to an aromatic ring is 1. The molecule has 0 radical (unpaired) electrons. The highest BCUT2D eigenvalue weighted by Crippen LogP contribution is 2.22. The summed E-state index contributed by atoms with van der Waals surface area (Å²) in [6.07, 6.45) is 1.37. The standard InChI is InChI=1S/C11H13N7O3.ClH/c1-7-14-16-11(17(7)12)15-13-6-8-5-9(18(19)20)3-4-10(8)21-2;/h3-6H,12H2,1-2H3,(H,15,16);1H. The van der Waals surface area contributed by atoms with Crippen LogP contribution in [0.2, 0.25) is 0 Å². The van der Waals surface area contributed by atoms with Crippen LogP contribution in [0.3, 0.4) is 0 Å². The topological polar surface area (TPSA) is 133 Å². The number of non-ortho nitro benzene ring substituents is 1. The largest absolute Gasteiger partial charge is 0.496 e. The number of anilines is 1. The van der Waals surface area contributed by atoms with Crippen LogP contribution in [0.15, 0.2) is 23.3 Å². The van der Waals surface area contributed by atoms with Gasteiger partial charge in [-0.1, -0.05) is 0 Å². The Hall–Kier alpha value is -2.88. The van der Waals surface area contributed by atoms with Gasteiger partial charge in [0.2, 0.25) is 0 Å². The molecule has 0 saturated carbocycles. The van der Waals surface area contributed by atoms with Crippen molar-refractivity contribution in [2.45, 2.75) is 6.92 Å². The Kier molecular flexibility index (Phi) is 5.64. The van der Waals surface area contributed by atoms with Gasteiger partial charge in [-0.3, -0.25) is 10.1 Å². The fourth-order valence-electron chi connectivity index (χ4n) is 1.54. The molecular formula is C11H14ClN7O3. The van der Waals surface area contributed by atoms with E-state index in [1.54, 1.807) is 6.92 Å². The average molecular weight is 328 g/mol. The molecule has 3 N–H and O–H groups in total. The number of nitrogens with one attached hydrogen (secondary N) is 1. The second-order valence-electron chi connectivity index (χ2n) is 3.99. The second kappa shape index (κ2) is 7.22. The molecule has 118 valence electrons. The van der Waals surface area contributed by atoms with Crippen LogP contribution in [0.1, 0.15) is 11.4 Å². The summed E-state index contributed by atoms with van der Waals surface area (Å²) in [5.74, 6) is 6.86. The monoisotopic (exact) mass is 327 g/mol. The molecule has 1 aromatic carbocycles. The third-order valence-corrected chi connectivity index (χ3v) is 2.66. The van der Waals surface area contributed by atoms with Gasteiger partial charge >= 0.3 is 0 Å². The van der Waals surface area contributed by atoms with Crippen molar-refractivity contribution in [3.05, 3.63) is 39.7 Å². The molecule has 2 rings (SSSR count). The lowest BCUT2D eigenvalue weighted by molar-refractivity contribution is -0.384. The molecule has 0 saturated heterocycles. The zero-order chi connectivity index (χ0) is 15.4. The van der Waals surface area contributed by atoms with Gasteiger partial charge in [-0.05, 0) is 13.0 Å². The maximum absolute atomic E-state index is 10.8. The number of nitrogens with zero attached hydrogens (tertiary/aromatic N) is 5. The van der Waals surface area contributed by atoms with Crippen molar-refractivity contribution in [2.24, 2.45) is 5.10 Å². The summed E-state index contributed by atoms with van der Waals surface area (Å²) in [5.41, 5.74) is 2.97. The molecule has 0 spiro atoms. The van der Waals surface area contributed by atoms with Crippen LogP contribution in [-0.2, 0) is 0 Å². The quantitative estimate of drug-likeness (QED) is 0.363. The van der Waals surface area contributed by atoms with Crippen molar-refractivity contribution in [3.8, 4) is 5.75 Å². The lowest BCUT2D eigenvalue weighted by Crippen LogP contribution is -2.13. The first-order chi connectivity index (χ1) is 10.0. The van der Waals surface area contributed by atoms with Gasteiger partial charge in [0.05, 0.1) is 18.2 Å². The highest BCUT2D eigenvalue weighted by atomic mass is 35.5. The summed E-state index contributed by atoms with van der Waals surface area (Å²) in [6.45, 7) is 1.69. The number of nitro benzene ring substituents is 1. The Morgan fingerprint density at radius 2 is 2.23 bits per heavy atom. The van der Waals surface area contributed by atoms with E-state index in [0.29, 0.717) is 17.1 Å². The smallest absolute Gasteiger partial charge is 0.270 e. The summed E-state index contributed by atoms with van der Waals surface area (Å²) in [4.78, 5) is 10.3. The Morgan fingerprint density at radius 3 is 2.77 bits per heavy atom. The molecular weight excluding hydrogens is 314 g/mol. The molecule has 0 atom stereocenters. The number of hydrogen-bond donors (Lipinski definition) is 2. The normalized spacial score (nSPS) is 10.3. The van der Waals surface area contributed by atoms with E-state index in [1.165, 1.54) is 36.2 Å². The predicted octanol–water partition coefficient (Wildman–Crippen LogP) is 1.08. The van der Waals surface area contributed by atoms with Crippen molar-refractivity contribution in [3.63, 3.8) is 0 Å². The van der Waals surface area contributed by atoms with Gasteiger partial charge in [0.1, 0.15) is 5.75 Å². The molecule has 0 bridgehead atoms. The summed E-state index contributed by atoms with van der Waals surface area (Å²) < 4.78 is 6.34. The number of hydrazone groups is 1. The molecule has 0 unspecified atom stereocenters. The van der Waals surface area contributed by atoms with E-state index in [0.717, 1.165) is 0 Å². The number of ether oxygens (including phenoxy) is 1. The molecule has 22 heavy (non-hydrogen) atoms. The molecule has 0 aliphatic heterocycles. The molecule has 2 aromatic rings. The van der Waals surface area contributed by atoms with E-state index in [1.807, 2.05) is 0 Å². The number of aromatic nitrogens is 3. The molecule has 1 aromatic heterocycles. The number of nitro groups is 1. The highest BCUT2D eigenvalue weighted by Gasteiger charge is 2.10. The lowest BCUT2D eigenvalue weighted by Gasteiger charge is -2.04. The number of rotatable bonds is 5. The van der Waals surface area contributed by atoms with Crippen LogP contribution in [0.25, 0.3) is 0 Å². The fraction of sp³-hybridized carbons (Fsp3) is 0.182. The van der Waals surface area contributed by atoms with Crippen LogP contribution < -0.4 is 16.0 Å². The SMILES string of the molecule is COc1ccc([N+](=O)[O-])cc1C=NNc1nnc(C)n1N.Cl. The zero-order valence-corrected chi connectivity index (χ0v) is 12.6. The number of hydrogen-bond acceptors (Lipinski definition) is 8. The summed E-state index contributed by atoms with van der Waals surface area (Å²) >= 11 is 0. The molecule has 0 fully saturated rings. The lowest BCUT2D eigenvalue weighted by atomic mass is 10.2. The van der Waals surface area contributed by atoms with Gasteiger partial charge in [-0.25, -0.2) is 10.1 Å². The molecule has 0 aliphatic carbocycles. The number of methoxy groups -OCH3 is 1. The fourth-order valence-corrected chi connectivity index (χ4v) is 1.54. The first kappa shape index (κ1) is 17.2. The first-order valence-electron chi connectivity index (χ1n) is 5.81. The van der Waals surface area contributed by atoms with Gasteiger partial charge in [-0.15, -0.1) is 22.6 Å². The summed E-state index contributed by atoms with van der Waals surface area (Å²) in [5, 5.41) is 22.2. The van der Waals surface area contributed by atoms with Crippen molar-refractivity contribution >= 4 is 30.3 Å². The molecule has 0 aliphatic rings. The van der Waals surface area contributed by atoms with E-state index in [-0.39, 0.29) is 24.0 Å². The van der Waals surface area contributed by atoms with Crippen LogP contribution in [0.5, 0.6) is 5.75 Å². The van der Waals surface area contributed by atoms with Gasteiger partial charge in [-0.2, -0.15) is 5.10 Å². The van der Waals surface area contributed by atoms with Gasteiger partial charge in [0.25, 0.3) is 11.6 Å². The minimum absolute atomic E-state index is 0. The first-order valence-corrected chi connectivity index (χ1v) is 5.81. The van der Waals surface area contributed by atoms with Gasteiger partial charge in [0, 0.05) is 17.7 Å².